The number of hydrazone groups is 1. The van der Waals surface area contributed by atoms with Gasteiger partial charge in [-0.1, -0.05) is 30.3 Å². The van der Waals surface area contributed by atoms with E-state index in [1.165, 1.54) is 23.6 Å². The molecule has 12 heteroatoms. The Morgan fingerprint density at radius 2 is 2.00 bits per heavy atom. The normalized spacial score (nSPS) is 11.6. The third kappa shape index (κ3) is 5.51. The molecule has 0 aliphatic carbocycles. The van der Waals surface area contributed by atoms with Gasteiger partial charge in [-0.05, 0) is 22.0 Å². The summed E-state index contributed by atoms with van der Waals surface area (Å²) < 4.78 is 40.9. The number of ether oxygens (including phenoxy) is 1. The van der Waals surface area contributed by atoms with Crippen LogP contribution in [-0.4, -0.2) is 22.5 Å². The number of rotatable bonds is 6. The van der Waals surface area contributed by atoms with Crippen LogP contribution in [-0.2, 0) is 0 Å². The Bertz CT molecular complexity index is 1060. The van der Waals surface area contributed by atoms with E-state index in [0.29, 0.717) is 5.13 Å². The summed E-state index contributed by atoms with van der Waals surface area (Å²) in [7, 11) is 0. The number of hydrogen-bond donors (Lipinski definition) is 1. The molecule has 0 fully saturated rings. The second kappa shape index (κ2) is 8.57. The van der Waals surface area contributed by atoms with Crippen molar-refractivity contribution in [1.82, 2.24) is 4.98 Å². The van der Waals surface area contributed by atoms with Gasteiger partial charge in [-0.2, -0.15) is 5.10 Å². The minimum Gasteiger partial charge on any atom is -0.397 e. The minimum absolute atomic E-state index is 0.186. The van der Waals surface area contributed by atoms with Crippen LogP contribution in [0.15, 0.2) is 57.4 Å². The van der Waals surface area contributed by atoms with Crippen molar-refractivity contribution >= 4 is 44.3 Å². The Morgan fingerprint density at radius 3 is 2.66 bits per heavy atom. The third-order valence-electron chi connectivity index (χ3n) is 3.41. The number of halogens is 4. The Hall–Kier alpha value is -2.99. The zero-order chi connectivity index (χ0) is 21.0. The first-order chi connectivity index (χ1) is 13.7. The summed E-state index contributed by atoms with van der Waals surface area (Å²) in [6.07, 6.45) is -3.84. The number of hydrogen-bond acceptors (Lipinski definition) is 7. The fourth-order valence-electron chi connectivity index (χ4n) is 2.25. The van der Waals surface area contributed by atoms with Crippen LogP contribution in [0.4, 0.5) is 24.0 Å². The molecule has 0 bridgehead atoms. The molecule has 29 heavy (non-hydrogen) atoms. The molecule has 0 amide bonds. The van der Waals surface area contributed by atoms with Gasteiger partial charge in [0.15, 0.2) is 0 Å². The molecule has 0 spiro atoms. The highest BCUT2D eigenvalue weighted by Crippen LogP contribution is 2.39. The number of anilines is 1. The first kappa shape index (κ1) is 20.7. The van der Waals surface area contributed by atoms with Crippen LogP contribution in [0.3, 0.4) is 0 Å². The fourth-order valence-corrected chi connectivity index (χ4v) is 3.47. The van der Waals surface area contributed by atoms with E-state index in [-0.39, 0.29) is 10.0 Å². The van der Waals surface area contributed by atoms with Gasteiger partial charge in [0.1, 0.15) is 0 Å². The zero-order valence-electron chi connectivity index (χ0n) is 14.2. The number of aromatic nitrogens is 1. The molecule has 0 aliphatic heterocycles. The van der Waals surface area contributed by atoms with Gasteiger partial charge in [-0.3, -0.25) is 15.5 Å². The molecule has 7 nitrogen and oxygen atoms in total. The van der Waals surface area contributed by atoms with Gasteiger partial charge < -0.3 is 4.74 Å². The van der Waals surface area contributed by atoms with Gasteiger partial charge in [-0.15, -0.1) is 24.5 Å². The summed E-state index contributed by atoms with van der Waals surface area (Å²) in [5.41, 5.74) is 3.70. The Morgan fingerprint density at radius 1 is 1.28 bits per heavy atom. The molecule has 3 aromatic rings. The molecule has 150 valence electrons. The molecule has 1 heterocycles. The lowest BCUT2D eigenvalue weighted by molar-refractivity contribution is -0.388. The maximum absolute atomic E-state index is 12.5. The molecular formula is C17H10BrF3N4O3S. The molecule has 0 aliphatic rings. The molecule has 0 radical (unpaired) electrons. The van der Waals surface area contributed by atoms with Crippen LogP contribution in [0.2, 0.25) is 0 Å². The maximum Gasteiger partial charge on any atom is 0.573 e. The highest BCUT2D eigenvalue weighted by molar-refractivity contribution is 9.10. The van der Waals surface area contributed by atoms with Crippen molar-refractivity contribution in [2.45, 2.75) is 6.36 Å². The van der Waals surface area contributed by atoms with E-state index < -0.39 is 22.7 Å². The largest absolute Gasteiger partial charge is 0.573 e. The van der Waals surface area contributed by atoms with Crippen molar-refractivity contribution in [3.63, 3.8) is 0 Å². The lowest BCUT2D eigenvalue weighted by Gasteiger charge is -2.11. The Kier molecular flexibility index (Phi) is 6.13. The fraction of sp³-hybridized carbons (Fsp3) is 0.0588. The number of benzene rings is 2. The summed E-state index contributed by atoms with van der Waals surface area (Å²) in [5.74, 6) is -0.931. The van der Waals surface area contributed by atoms with E-state index >= 15 is 0 Å². The van der Waals surface area contributed by atoms with E-state index in [0.717, 1.165) is 17.3 Å². The maximum atomic E-state index is 12.5. The molecule has 0 atom stereocenters. The summed E-state index contributed by atoms with van der Waals surface area (Å²) >= 11 is 4.16. The van der Waals surface area contributed by atoms with Crippen molar-refractivity contribution in [1.29, 1.82) is 0 Å². The van der Waals surface area contributed by atoms with Gasteiger partial charge >= 0.3 is 12.0 Å². The first-order valence-electron chi connectivity index (χ1n) is 7.76. The van der Waals surface area contributed by atoms with Crippen LogP contribution >= 0.6 is 27.3 Å². The second-order valence-electron chi connectivity index (χ2n) is 5.43. The minimum atomic E-state index is -5.06. The molecule has 1 N–H and O–H groups in total. The first-order valence-corrected chi connectivity index (χ1v) is 9.44. The average molecular weight is 487 g/mol. The predicted molar refractivity (Wildman–Crippen MR) is 106 cm³/mol. The van der Waals surface area contributed by atoms with E-state index in [4.69, 9.17) is 0 Å². The van der Waals surface area contributed by atoms with Crippen LogP contribution in [0.5, 0.6) is 5.75 Å². The average Bonchev–Trinajstić information content (AvgIpc) is 3.12. The smallest absolute Gasteiger partial charge is 0.397 e. The molecule has 1 aromatic heterocycles. The lowest BCUT2D eigenvalue weighted by atomic mass is 10.2. The Balaban J connectivity index is 1.77. The predicted octanol–water partition coefficient (Wildman–Crippen LogP) is 5.83. The number of nitrogens with zero attached hydrogens (tertiary/aromatic N) is 3. The third-order valence-corrected chi connectivity index (χ3v) is 4.74. The van der Waals surface area contributed by atoms with Gasteiger partial charge in [0.05, 0.1) is 21.3 Å². The van der Waals surface area contributed by atoms with Crippen LogP contribution < -0.4 is 10.2 Å². The lowest BCUT2D eigenvalue weighted by Crippen LogP contribution is -2.18. The molecule has 2 aromatic carbocycles. The number of alkyl halides is 3. The number of nitro benzene ring substituents is 1. The number of thiazole rings is 1. The summed E-state index contributed by atoms with van der Waals surface area (Å²) in [6.45, 7) is 0. The topological polar surface area (TPSA) is 89.7 Å². The van der Waals surface area contributed by atoms with E-state index in [1.54, 1.807) is 0 Å². The van der Waals surface area contributed by atoms with Crippen molar-refractivity contribution in [3.8, 4) is 17.0 Å². The second-order valence-corrected chi connectivity index (χ2v) is 7.14. The van der Waals surface area contributed by atoms with E-state index in [9.17, 15) is 23.3 Å². The molecule has 0 unspecified atom stereocenters. The van der Waals surface area contributed by atoms with Crippen molar-refractivity contribution < 1.29 is 22.8 Å². The highest BCUT2D eigenvalue weighted by Gasteiger charge is 2.36. The van der Waals surface area contributed by atoms with Crippen molar-refractivity contribution in [2.24, 2.45) is 5.10 Å². The van der Waals surface area contributed by atoms with Gasteiger partial charge in [0, 0.05) is 22.6 Å². The van der Waals surface area contributed by atoms with Gasteiger partial charge in [0.25, 0.3) is 0 Å². The number of nitro groups is 1. The van der Waals surface area contributed by atoms with Crippen LogP contribution in [0.1, 0.15) is 5.56 Å². The number of nitrogens with one attached hydrogen (secondary N) is 1. The molecule has 0 saturated carbocycles. The van der Waals surface area contributed by atoms with Crippen LogP contribution in [0.25, 0.3) is 11.3 Å². The highest BCUT2D eigenvalue weighted by atomic mass is 79.9. The monoisotopic (exact) mass is 486 g/mol. The molecular weight excluding hydrogens is 477 g/mol. The van der Waals surface area contributed by atoms with Gasteiger partial charge in [-0.25, -0.2) is 4.98 Å². The van der Waals surface area contributed by atoms with E-state index in [1.807, 2.05) is 35.7 Å². The quantitative estimate of drug-likeness (QED) is 0.269. The Labute approximate surface area is 174 Å². The van der Waals surface area contributed by atoms with Gasteiger partial charge in [0.2, 0.25) is 10.9 Å². The molecule has 0 saturated heterocycles. The van der Waals surface area contributed by atoms with E-state index in [2.05, 4.69) is 36.2 Å². The summed E-state index contributed by atoms with van der Waals surface area (Å²) in [5, 5.41) is 17.4. The zero-order valence-corrected chi connectivity index (χ0v) is 16.6. The van der Waals surface area contributed by atoms with Crippen molar-refractivity contribution in [2.75, 3.05) is 5.43 Å². The SMILES string of the molecule is O=[N+]([O-])c1cc(C=NNc2nc(-c3ccccc3)cs2)cc(Br)c1OC(F)(F)F. The summed E-state index contributed by atoms with van der Waals surface area (Å²) in [4.78, 5) is 14.5. The summed E-state index contributed by atoms with van der Waals surface area (Å²) in [6, 6.07) is 11.6. The molecule has 3 rings (SSSR count). The van der Waals surface area contributed by atoms with Crippen molar-refractivity contribution in [3.05, 3.63) is 68.0 Å². The van der Waals surface area contributed by atoms with Crippen LogP contribution in [0, 0.1) is 10.1 Å². The standard InChI is InChI=1S/C17H10BrF3N4O3S/c18-12-6-10(7-14(25(26)27)15(12)28-17(19,20)21)8-22-24-16-23-13(9-29-16)11-4-2-1-3-5-11/h1-9H,(H,23,24).